The van der Waals surface area contributed by atoms with Crippen LogP contribution < -0.4 is 0 Å². The molecule has 0 aliphatic rings. The van der Waals surface area contributed by atoms with Crippen molar-refractivity contribution in [3.63, 3.8) is 0 Å². The zero-order chi connectivity index (χ0) is 17.1. The van der Waals surface area contributed by atoms with E-state index in [4.69, 9.17) is 4.42 Å². The van der Waals surface area contributed by atoms with Gasteiger partial charge in [-0.05, 0) is 15.9 Å². The van der Waals surface area contributed by atoms with E-state index in [1.807, 2.05) is 13.1 Å². The molecule has 0 saturated carbocycles. The molecule has 10 nitrogen and oxygen atoms in total. The summed E-state index contributed by atoms with van der Waals surface area (Å²) in [5, 5.41) is 26.8. The number of rotatable bonds is 7. The van der Waals surface area contributed by atoms with Crippen molar-refractivity contribution in [3.8, 4) is 0 Å². The van der Waals surface area contributed by atoms with Crippen molar-refractivity contribution in [1.82, 2.24) is 29.8 Å². The molecule has 11 heteroatoms. The quantitative estimate of drug-likeness (QED) is 0.444. The first-order chi connectivity index (χ1) is 11.5. The predicted octanol–water partition coefficient (Wildman–Crippen LogP) is 2.18. The molecule has 3 rings (SSSR count). The van der Waals surface area contributed by atoms with Crippen LogP contribution in [0.3, 0.4) is 0 Å². The Morgan fingerprint density at radius 1 is 1.29 bits per heavy atom. The molecule has 0 aromatic carbocycles. The molecule has 3 aromatic heterocycles. The number of nitro groups is 1. The van der Waals surface area contributed by atoms with Crippen LogP contribution in [0.25, 0.3) is 0 Å². The van der Waals surface area contributed by atoms with Gasteiger partial charge < -0.3 is 4.42 Å². The van der Waals surface area contributed by atoms with E-state index >= 15 is 0 Å². The van der Waals surface area contributed by atoms with Crippen molar-refractivity contribution < 1.29 is 9.34 Å². The lowest BCUT2D eigenvalue weighted by molar-refractivity contribution is -0.385. The molecule has 3 aromatic rings. The summed E-state index contributed by atoms with van der Waals surface area (Å²) in [6, 6.07) is 0. The van der Waals surface area contributed by atoms with Crippen molar-refractivity contribution in [2.45, 2.75) is 32.4 Å². The first-order valence-corrected chi connectivity index (χ1v) is 7.97. The van der Waals surface area contributed by atoms with Gasteiger partial charge in [0.25, 0.3) is 0 Å². The summed E-state index contributed by atoms with van der Waals surface area (Å²) in [6.07, 6.45) is 6.62. The van der Waals surface area contributed by atoms with Crippen molar-refractivity contribution in [3.05, 3.63) is 51.2 Å². The Bertz CT molecular complexity index is 840. The number of aromatic nitrogens is 6. The van der Waals surface area contributed by atoms with Gasteiger partial charge in [0.2, 0.25) is 11.8 Å². The zero-order valence-corrected chi connectivity index (χ0v) is 14.3. The Labute approximate surface area is 144 Å². The maximum Gasteiger partial charge on any atom is 0.306 e. The Hall–Kier alpha value is -2.56. The van der Waals surface area contributed by atoms with E-state index in [1.54, 1.807) is 10.9 Å². The third-order valence-corrected chi connectivity index (χ3v) is 3.76. The molecular weight excluding hydrogens is 382 g/mol. The second-order valence-corrected chi connectivity index (χ2v) is 6.20. The van der Waals surface area contributed by atoms with Gasteiger partial charge in [-0.2, -0.15) is 10.2 Å². The average Bonchev–Trinajstić information content (AvgIpc) is 3.25. The average molecular weight is 396 g/mol. The summed E-state index contributed by atoms with van der Waals surface area (Å²) < 4.78 is 9.83. The molecule has 24 heavy (non-hydrogen) atoms. The maximum absolute atomic E-state index is 10.6. The van der Waals surface area contributed by atoms with E-state index in [1.165, 1.54) is 17.1 Å². The molecule has 1 atom stereocenters. The molecule has 126 valence electrons. The Kier molecular flexibility index (Phi) is 4.69. The van der Waals surface area contributed by atoms with E-state index in [0.29, 0.717) is 31.3 Å². The summed E-state index contributed by atoms with van der Waals surface area (Å²) in [6.45, 7) is 3.03. The third-order valence-electron chi connectivity index (χ3n) is 3.35. The molecule has 0 amide bonds. The number of hydrogen-bond acceptors (Lipinski definition) is 7. The standard InChI is InChI=1S/C13H14BrN7O3/c1-9(6-20-7-10(14)4-15-20)13-18-17-12(24-13)2-3-19-8-11(5-16-19)21(22)23/h4-5,7-9H,2-3,6H2,1H3. The Balaban J connectivity index is 1.57. The minimum atomic E-state index is -0.483. The fraction of sp³-hybridized carbons (Fsp3) is 0.385. The summed E-state index contributed by atoms with van der Waals surface area (Å²) in [7, 11) is 0. The summed E-state index contributed by atoms with van der Waals surface area (Å²) >= 11 is 3.35. The summed E-state index contributed by atoms with van der Waals surface area (Å²) in [5.41, 5.74) is -0.0415. The van der Waals surface area contributed by atoms with Crippen LogP contribution in [0.2, 0.25) is 0 Å². The van der Waals surface area contributed by atoms with Gasteiger partial charge in [0, 0.05) is 19.2 Å². The SMILES string of the molecule is CC(Cn1cc(Br)cn1)c1nnc(CCn2cc([N+](=O)[O-])cn2)o1. The predicted molar refractivity (Wildman–Crippen MR) is 85.2 cm³/mol. The number of nitrogens with zero attached hydrogens (tertiary/aromatic N) is 7. The molecular formula is C13H14BrN7O3. The van der Waals surface area contributed by atoms with Crippen LogP contribution in [0.1, 0.15) is 24.6 Å². The van der Waals surface area contributed by atoms with Gasteiger partial charge in [-0.1, -0.05) is 6.92 Å². The monoisotopic (exact) mass is 395 g/mol. The lowest BCUT2D eigenvalue weighted by atomic mass is 10.2. The molecule has 0 saturated heterocycles. The summed E-state index contributed by atoms with van der Waals surface area (Å²) in [4.78, 5) is 10.1. The zero-order valence-electron chi connectivity index (χ0n) is 12.7. The van der Waals surface area contributed by atoms with Crippen molar-refractivity contribution in [1.29, 1.82) is 0 Å². The van der Waals surface area contributed by atoms with Gasteiger partial charge in [0.15, 0.2) is 0 Å². The van der Waals surface area contributed by atoms with Crippen LogP contribution in [0.4, 0.5) is 5.69 Å². The van der Waals surface area contributed by atoms with Crippen LogP contribution in [0, 0.1) is 10.1 Å². The largest absolute Gasteiger partial charge is 0.425 e. The molecule has 0 bridgehead atoms. The fourth-order valence-electron chi connectivity index (χ4n) is 2.14. The first-order valence-electron chi connectivity index (χ1n) is 7.18. The van der Waals surface area contributed by atoms with E-state index in [0.717, 1.165) is 4.47 Å². The highest BCUT2D eigenvalue weighted by molar-refractivity contribution is 9.10. The number of halogens is 1. The second kappa shape index (κ2) is 6.91. The van der Waals surface area contributed by atoms with Crippen LogP contribution in [-0.4, -0.2) is 34.7 Å². The minimum Gasteiger partial charge on any atom is -0.425 e. The third kappa shape index (κ3) is 3.85. The minimum absolute atomic E-state index is 0.0174. The topological polar surface area (TPSA) is 118 Å². The molecule has 3 heterocycles. The van der Waals surface area contributed by atoms with Crippen LogP contribution in [-0.2, 0) is 19.5 Å². The van der Waals surface area contributed by atoms with Crippen molar-refractivity contribution in [2.24, 2.45) is 0 Å². The molecule has 0 radical (unpaired) electrons. The van der Waals surface area contributed by atoms with E-state index < -0.39 is 4.92 Å². The van der Waals surface area contributed by atoms with E-state index in [2.05, 4.69) is 36.3 Å². The number of hydrogen-bond donors (Lipinski definition) is 0. The van der Waals surface area contributed by atoms with Crippen molar-refractivity contribution >= 4 is 21.6 Å². The van der Waals surface area contributed by atoms with Crippen molar-refractivity contribution in [2.75, 3.05) is 0 Å². The van der Waals surface area contributed by atoms with E-state index in [9.17, 15) is 10.1 Å². The van der Waals surface area contributed by atoms with Crippen LogP contribution in [0.5, 0.6) is 0 Å². The Morgan fingerprint density at radius 3 is 2.75 bits per heavy atom. The lowest BCUT2D eigenvalue weighted by Crippen LogP contribution is -2.07. The van der Waals surface area contributed by atoms with Crippen LogP contribution in [0.15, 0.2) is 33.7 Å². The second-order valence-electron chi connectivity index (χ2n) is 5.28. The normalized spacial score (nSPS) is 12.4. The first kappa shape index (κ1) is 16.3. The van der Waals surface area contributed by atoms with Gasteiger partial charge in [0.1, 0.15) is 12.4 Å². The van der Waals surface area contributed by atoms with Gasteiger partial charge in [-0.25, -0.2) is 0 Å². The molecule has 0 N–H and O–H groups in total. The van der Waals surface area contributed by atoms with Gasteiger partial charge in [-0.15, -0.1) is 10.2 Å². The molecule has 0 spiro atoms. The molecule has 0 fully saturated rings. The number of aryl methyl sites for hydroxylation is 2. The Morgan fingerprint density at radius 2 is 2.08 bits per heavy atom. The highest BCUT2D eigenvalue weighted by atomic mass is 79.9. The maximum atomic E-state index is 10.6. The lowest BCUT2D eigenvalue weighted by Gasteiger charge is -2.06. The summed E-state index contributed by atoms with van der Waals surface area (Å²) in [5.74, 6) is 1.02. The van der Waals surface area contributed by atoms with Gasteiger partial charge >= 0.3 is 5.69 Å². The highest BCUT2D eigenvalue weighted by Gasteiger charge is 2.16. The molecule has 0 aliphatic carbocycles. The highest BCUT2D eigenvalue weighted by Crippen LogP contribution is 2.17. The van der Waals surface area contributed by atoms with Crippen LogP contribution >= 0.6 is 15.9 Å². The molecule has 0 aliphatic heterocycles. The van der Waals surface area contributed by atoms with Gasteiger partial charge in [-0.3, -0.25) is 19.5 Å². The van der Waals surface area contributed by atoms with Gasteiger partial charge in [0.05, 0.1) is 28.1 Å². The fourth-order valence-corrected chi connectivity index (χ4v) is 2.47. The molecule has 1 unspecified atom stereocenters. The smallest absolute Gasteiger partial charge is 0.306 e. The van der Waals surface area contributed by atoms with E-state index in [-0.39, 0.29) is 11.6 Å².